The molecule has 4 rings (SSSR count). The van der Waals surface area contributed by atoms with Crippen LogP contribution in [0.3, 0.4) is 0 Å². The van der Waals surface area contributed by atoms with Crippen molar-refractivity contribution in [3.05, 3.63) is 83.1 Å². The van der Waals surface area contributed by atoms with Crippen LogP contribution in [0.4, 0.5) is 0 Å². The monoisotopic (exact) mass is 395 g/mol. The Hall–Kier alpha value is -2.11. The first kappa shape index (κ1) is 15.4. The molecule has 2 heterocycles. The Morgan fingerprint density at radius 3 is 2.58 bits per heavy atom. The number of benzene rings is 2. The van der Waals surface area contributed by atoms with E-state index in [9.17, 15) is 0 Å². The summed E-state index contributed by atoms with van der Waals surface area (Å²) >= 11 is 5.20. The molecule has 0 spiro atoms. The molecule has 0 aliphatic rings. The lowest BCUT2D eigenvalue weighted by Gasteiger charge is -2.03. The summed E-state index contributed by atoms with van der Waals surface area (Å²) in [7, 11) is 0. The van der Waals surface area contributed by atoms with Crippen molar-refractivity contribution in [1.82, 2.24) is 14.6 Å². The fourth-order valence-electron chi connectivity index (χ4n) is 2.49. The van der Waals surface area contributed by atoms with Crippen molar-refractivity contribution in [1.29, 1.82) is 0 Å². The Morgan fingerprint density at radius 2 is 1.79 bits per heavy atom. The quantitative estimate of drug-likeness (QED) is 0.430. The second kappa shape index (κ2) is 6.79. The van der Waals surface area contributed by atoms with Crippen LogP contribution < -0.4 is 0 Å². The van der Waals surface area contributed by atoms with Gasteiger partial charge in [0.2, 0.25) is 0 Å². The third kappa shape index (κ3) is 3.23. The highest BCUT2D eigenvalue weighted by atomic mass is 79.9. The molecule has 0 aliphatic carbocycles. The van der Waals surface area contributed by atoms with E-state index in [0.717, 1.165) is 32.0 Å². The first-order valence-electron chi connectivity index (χ1n) is 7.57. The molecule has 0 N–H and O–H groups in total. The van der Waals surface area contributed by atoms with Gasteiger partial charge >= 0.3 is 0 Å². The van der Waals surface area contributed by atoms with E-state index in [0.29, 0.717) is 0 Å². The number of hydrogen-bond acceptors (Lipinski definition) is 3. The molecule has 5 heteroatoms. The van der Waals surface area contributed by atoms with Gasteiger partial charge in [-0.05, 0) is 23.8 Å². The molecule has 118 valence electrons. The van der Waals surface area contributed by atoms with E-state index in [-0.39, 0.29) is 0 Å². The molecule has 4 aromatic rings. The van der Waals surface area contributed by atoms with Gasteiger partial charge in [-0.2, -0.15) is 5.10 Å². The molecule has 0 saturated carbocycles. The van der Waals surface area contributed by atoms with Gasteiger partial charge in [-0.1, -0.05) is 70.2 Å². The lowest BCUT2D eigenvalue weighted by molar-refractivity contribution is 0.920. The molecular weight excluding hydrogens is 382 g/mol. The standard InChI is InChI=1S/C19H14BrN3S/c20-16-8-6-14(7-9-16)13-24-19-18-12-17(15-4-2-1-3-5-15)22-23(18)11-10-21-19/h1-12H,13H2. The molecule has 0 fully saturated rings. The lowest BCUT2D eigenvalue weighted by Crippen LogP contribution is -1.91. The van der Waals surface area contributed by atoms with Gasteiger partial charge in [-0.25, -0.2) is 9.50 Å². The van der Waals surface area contributed by atoms with Crippen molar-refractivity contribution < 1.29 is 0 Å². The topological polar surface area (TPSA) is 30.2 Å². The van der Waals surface area contributed by atoms with Crippen LogP contribution in [0.5, 0.6) is 0 Å². The molecule has 2 aromatic carbocycles. The van der Waals surface area contributed by atoms with Gasteiger partial charge in [0.15, 0.2) is 0 Å². The summed E-state index contributed by atoms with van der Waals surface area (Å²) in [4.78, 5) is 4.54. The Labute approximate surface area is 152 Å². The number of hydrogen-bond donors (Lipinski definition) is 0. The molecule has 0 unspecified atom stereocenters. The van der Waals surface area contributed by atoms with Gasteiger partial charge in [-0.15, -0.1) is 0 Å². The van der Waals surface area contributed by atoms with Crippen LogP contribution in [0, 0.1) is 0 Å². The minimum absolute atomic E-state index is 0.881. The molecule has 24 heavy (non-hydrogen) atoms. The van der Waals surface area contributed by atoms with Crippen LogP contribution in [-0.2, 0) is 5.75 Å². The van der Waals surface area contributed by atoms with Crippen molar-refractivity contribution in [2.45, 2.75) is 10.8 Å². The third-order valence-electron chi connectivity index (χ3n) is 3.71. The Balaban J connectivity index is 1.63. The summed E-state index contributed by atoms with van der Waals surface area (Å²) in [5.41, 5.74) is 4.40. The summed E-state index contributed by atoms with van der Waals surface area (Å²) < 4.78 is 3.00. The average molecular weight is 396 g/mol. The highest BCUT2D eigenvalue weighted by Crippen LogP contribution is 2.28. The zero-order valence-corrected chi connectivity index (χ0v) is 15.2. The van der Waals surface area contributed by atoms with Crippen molar-refractivity contribution >= 4 is 33.2 Å². The largest absolute Gasteiger partial charge is 0.246 e. The first-order chi connectivity index (χ1) is 11.8. The zero-order valence-electron chi connectivity index (χ0n) is 12.8. The van der Waals surface area contributed by atoms with E-state index in [2.05, 4.69) is 68.5 Å². The van der Waals surface area contributed by atoms with Gasteiger partial charge in [0.1, 0.15) is 5.03 Å². The van der Waals surface area contributed by atoms with Gasteiger partial charge in [0, 0.05) is 28.2 Å². The van der Waals surface area contributed by atoms with Gasteiger partial charge in [-0.3, -0.25) is 0 Å². The molecular formula is C19H14BrN3S. The van der Waals surface area contributed by atoms with E-state index in [1.165, 1.54) is 5.56 Å². The van der Waals surface area contributed by atoms with E-state index in [1.54, 1.807) is 18.0 Å². The minimum Gasteiger partial charge on any atom is -0.246 e. The van der Waals surface area contributed by atoms with Crippen LogP contribution in [0.15, 0.2) is 82.6 Å². The molecule has 0 aliphatic heterocycles. The first-order valence-corrected chi connectivity index (χ1v) is 9.34. The Bertz CT molecular complexity index is 965. The number of thioether (sulfide) groups is 1. The average Bonchev–Trinajstić information content (AvgIpc) is 3.07. The normalized spacial score (nSPS) is 11.0. The highest BCUT2D eigenvalue weighted by Gasteiger charge is 2.09. The van der Waals surface area contributed by atoms with Crippen LogP contribution in [0.2, 0.25) is 0 Å². The van der Waals surface area contributed by atoms with Crippen LogP contribution in [-0.4, -0.2) is 14.6 Å². The third-order valence-corrected chi connectivity index (χ3v) is 5.31. The SMILES string of the molecule is Brc1ccc(CSc2nccn3nc(-c4ccccc4)cc23)cc1. The summed E-state index contributed by atoms with van der Waals surface area (Å²) in [6, 6.07) is 20.7. The molecule has 0 saturated heterocycles. The highest BCUT2D eigenvalue weighted by molar-refractivity contribution is 9.10. The molecule has 2 aromatic heterocycles. The van der Waals surface area contributed by atoms with E-state index in [4.69, 9.17) is 0 Å². The minimum atomic E-state index is 0.881. The van der Waals surface area contributed by atoms with Gasteiger partial charge < -0.3 is 0 Å². The van der Waals surface area contributed by atoms with Gasteiger partial charge in [0.05, 0.1) is 11.2 Å². The number of aromatic nitrogens is 3. The van der Waals surface area contributed by atoms with Crippen molar-refractivity contribution in [3.63, 3.8) is 0 Å². The fraction of sp³-hybridized carbons (Fsp3) is 0.0526. The van der Waals surface area contributed by atoms with E-state index >= 15 is 0 Å². The van der Waals surface area contributed by atoms with Crippen molar-refractivity contribution in [2.24, 2.45) is 0 Å². The number of nitrogens with zero attached hydrogens (tertiary/aromatic N) is 3. The number of fused-ring (bicyclic) bond motifs is 1. The molecule has 0 amide bonds. The summed E-state index contributed by atoms with van der Waals surface area (Å²) in [5.74, 6) is 0.881. The zero-order chi connectivity index (χ0) is 16.4. The smallest absolute Gasteiger partial charge is 0.122 e. The molecule has 0 bridgehead atoms. The molecule has 0 radical (unpaired) electrons. The maximum Gasteiger partial charge on any atom is 0.122 e. The fourth-order valence-corrected chi connectivity index (χ4v) is 3.69. The summed E-state index contributed by atoms with van der Waals surface area (Å²) in [6.07, 6.45) is 3.70. The predicted molar refractivity (Wildman–Crippen MR) is 102 cm³/mol. The predicted octanol–water partition coefficient (Wildman–Crippen LogP) is 5.45. The van der Waals surface area contributed by atoms with Crippen LogP contribution >= 0.6 is 27.7 Å². The molecule has 0 atom stereocenters. The van der Waals surface area contributed by atoms with E-state index < -0.39 is 0 Å². The Kier molecular flexibility index (Phi) is 4.36. The second-order valence-corrected chi connectivity index (χ2v) is 7.25. The lowest BCUT2D eigenvalue weighted by atomic mass is 10.1. The maximum absolute atomic E-state index is 4.67. The van der Waals surface area contributed by atoms with Crippen LogP contribution in [0.25, 0.3) is 16.8 Å². The van der Waals surface area contributed by atoms with Crippen LogP contribution in [0.1, 0.15) is 5.56 Å². The Morgan fingerprint density at radius 1 is 1.00 bits per heavy atom. The van der Waals surface area contributed by atoms with Crippen molar-refractivity contribution in [3.8, 4) is 11.3 Å². The maximum atomic E-state index is 4.67. The summed E-state index contributed by atoms with van der Waals surface area (Å²) in [6.45, 7) is 0. The molecule has 3 nitrogen and oxygen atoms in total. The number of halogens is 1. The summed E-state index contributed by atoms with van der Waals surface area (Å²) in [5, 5.41) is 5.66. The number of rotatable bonds is 4. The van der Waals surface area contributed by atoms with Gasteiger partial charge in [0.25, 0.3) is 0 Å². The second-order valence-electron chi connectivity index (χ2n) is 5.37. The van der Waals surface area contributed by atoms with E-state index in [1.807, 2.05) is 28.9 Å². The van der Waals surface area contributed by atoms with Crippen molar-refractivity contribution in [2.75, 3.05) is 0 Å².